The van der Waals surface area contributed by atoms with Crippen LogP contribution in [0.3, 0.4) is 0 Å². The van der Waals surface area contributed by atoms with E-state index in [1.165, 1.54) is 6.20 Å². The molecule has 1 amide bonds. The van der Waals surface area contributed by atoms with E-state index >= 15 is 0 Å². The molecule has 0 radical (unpaired) electrons. The molecule has 0 fully saturated rings. The Hall–Kier alpha value is -2.44. The zero-order valence-corrected chi connectivity index (χ0v) is 11.8. The summed E-state index contributed by atoms with van der Waals surface area (Å²) in [5, 5.41) is 7.39. The SMILES string of the molecule is CCCNc1nc(C)nc(-n2cc(C(N)=O)cn2)c1C. The third-order valence-electron chi connectivity index (χ3n) is 2.86. The third-order valence-corrected chi connectivity index (χ3v) is 2.86. The van der Waals surface area contributed by atoms with Gasteiger partial charge in [-0.1, -0.05) is 6.92 Å². The number of carbonyl (C=O) groups is 1. The van der Waals surface area contributed by atoms with Crippen LogP contribution in [0.15, 0.2) is 12.4 Å². The molecule has 7 heteroatoms. The molecule has 2 aromatic rings. The van der Waals surface area contributed by atoms with Gasteiger partial charge in [-0.15, -0.1) is 0 Å². The largest absolute Gasteiger partial charge is 0.370 e. The van der Waals surface area contributed by atoms with E-state index in [9.17, 15) is 4.79 Å². The number of hydrogen-bond donors (Lipinski definition) is 2. The first-order valence-electron chi connectivity index (χ1n) is 6.47. The summed E-state index contributed by atoms with van der Waals surface area (Å²) in [6.07, 6.45) is 4.00. The van der Waals surface area contributed by atoms with Gasteiger partial charge in [0.25, 0.3) is 5.91 Å². The number of anilines is 1. The molecule has 0 bridgehead atoms. The van der Waals surface area contributed by atoms with Gasteiger partial charge in [0.15, 0.2) is 5.82 Å². The Morgan fingerprint density at radius 2 is 2.15 bits per heavy atom. The molecule has 0 unspecified atom stereocenters. The van der Waals surface area contributed by atoms with Gasteiger partial charge >= 0.3 is 0 Å². The monoisotopic (exact) mass is 274 g/mol. The lowest BCUT2D eigenvalue weighted by atomic mass is 10.3. The summed E-state index contributed by atoms with van der Waals surface area (Å²) in [4.78, 5) is 19.9. The molecule has 2 heterocycles. The summed E-state index contributed by atoms with van der Waals surface area (Å²) in [7, 11) is 0. The number of primary amides is 1. The van der Waals surface area contributed by atoms with E-state index in [0.717, 1.165) is 24.3 Å². The Morgan fingerprint density at radius 3 is 2.75 bits per heavy atom. The molecule has 0 saturated heterocycles. The van der Waals surface area contributed by atoms with Gasteiger partial charge in [0.2, 0.25) is 0 Å². The van der Waals surface area contributed by atoms with Gasteiger partial charge in [-0.25, -0.2) is 14.6 Å². The van der Waals surface area contributed by atoms with Crippen LogP contribution in [0, 0.1) is 13.8 Å². The van der Waals surface area contributed by atoms with E-state index in [0.29, 0.717) is 17.2 Å². The second kappa shape index (κ2) is 5.68. The third kappa shape index (κ3) is 2.76. The fraction of sp³-hybridized carbons (Fsp3) is 0.385. The van der Waals surface area contributed by atoms with E-state index in [-0.39, 0.29) is 0 Å². The summed E-state index contributed by atoms with van der Waals surface area (Å²) in [5.41, 5.74) is 6.46. The van der Waals surface area contributed by atoms with Crippen LogP contribution in [0.5, 0.6) is 0 Å². The molecule has 0 saturated carbocycles. The summed E-state index contributed by atoms with van der Waals surface area (Å²) in [5.74, 6) is 1.55. The number of aryl methyl sites for hydroxylation is 1. The van der Waals surface area contributed by atoms with Crippen molar-refractivity contribution < 1.29 is 4.79 Å². The number of rotatable bonds is 5. The fourth-order valence-corrected chi connectivity index (χ4v) is 1.82. The van der Waals surface area contributed by atoms with Crippen molar-refractivity contribution in [3.8, 4) is 5.82 Å². The number of aromatic nitrogens is 4. The highest BCUT2D eigenvalue weighted by Crippen LogP contribution is 2.19. The van der Waals surface area contributed by atoms with E-state index in [2.05, 4.69) is 27.3 Å². The number of amides is 1. The summed E-state index contributed by atoms with van der Waals surface area (Å²) >= 11 is 0. The maximum absolute atomic E-state index is 11.1. The molecule has 3 N–H and O–H groups in total. The second-order valence-corrected chi connectivity index (χ2v) is 4.53. The molecule has 106 valence electrons. The number of hydrogen-bond acceptors (Lipinski definition) is 5. The zero-order chi connectivity index (χ0) is 14.7. The van der Waals surface area contributed by atoms with Crippen LogP contribution < -0.4 is 11.1 Å². The molecule has 2 rings (SSSR count). The molecular weight excluding hydrogens is 256 g/mol. The van der Waals surface area contributed by atoms with Crippen LogP contribution in [0.2, 0.25) is 0 Å². The minimum atomic E-state index is -0.510. The fourth-order valence-electron chi connectivity index (χ4n) is 1.82. The topological polar surface area (TPSA) is 98.7 Å². The highest BCUT2D eigenvalue weighted by Gasteiger charge is 2.13. The molecule has 0 aliphatic heterocycles. The first-order valence-corrected chi connectivity index (χ1v) is 6.47. The van der Waals surface area contributed by atoms with E-state index < -0.39 is 5.91 Å². The van der Waals surface area contributed by atoms with Crippen molar-refractivity contribution in [1.29, 1.82) is 0 Å². The first-order chi connectivity index (χ1) is 9.52. The minimum absolute atomic E-state index is 0.351. The van der Waals surface area contributed by atoms with Crippen LogP contribution in [0.25, 0.3) is 5.82 Å². The lowest BCUT2D eigenvalue weighted by Gasteiger charge is -2.12. The number of nitrogens with two attached hydrogens (primary N) is 1. The molecule has 0 aliphatic rings. The van der Waals surface area contributed by atoms with E-state index in [4.69, 9.17) is 5.73 Å². The minimum Gasteiger partial charge on any atom is -0.370 e. The van der Waals surface area contributed by atoms with Gasteiger partial charge in [0.1, 0.15) is 11.6 Å². The average molecular weight is 274 g/mol. The lowest BCUT2D eigenvalue weighted by Crippen LogP contribution is -2.11. The molecule has 0 aliphatic carbocycles. The highest BCUT2D eigenvalue weighted by atomic mass is 16.1. The van der Waals surface area contributed by atoms with Crippen molar-refractivity contribution in [3.63, 3.8) is 0 Å². The quantitative estimate of drug-likeness (QED) is 0.853. The average Bonchev–Trinajstić information content (AvgIpc) is 2.89. The predicted molar refractivity (Wildman–Crippen MR) is 75.9 cm³/mol. The Bertz CT molecular complexity index is 634. The van der Waals surface area contributed by atoms with Crippen LogP contribution in [0.4, 0.5) is 5.82 Å². The summed E-state index contributed by atoms with van der Waals surface area (Å²) < 4.78 is 1.54. The molecule has 2 aromatic heterocycles. The predicted octanol–water partition coefficient (Wildman–Crippen LogP) is 1.20. The van der Waals surface area contributed by atoms with E-state index in [1.54, 1.807) is 10.9 Å². The standard InChI is InChI=1S/C13H18N6O/c1-4-5-15-12-8(2)13(18-9(3)17-12)19-7-10(6-16-19)11(14)20/h6-7H,4-5H2,1-3H3,(H2,14,20)(H,15,17,18). The molecule has 0 atom stereocenters. The lowest BCUT2D eigenvalue weighted by molar-refractivity contribution is 0.100. The van der Waals surface area contributed by atoms with Gasteiger partial charge in [0.05, 0.1) is 11.8 Å². The number of nitrogens with zero attached hydrogens (tertiary/aromatic N) is 4. The van der Waals surface area contributed by atoms with Crippen molar-refractivity contribution in [2.75, 3.05) is 11.9 Å². The van der Waals surface area contributed by atoms with Crippen molar-refractivity contribution >= 4 is 11.7 Å². The molecule has 0 aromatic carbocycles. The van der Waals surface area contributed by atoms with Gasteiger partial charge in [0, 0.05) is 18.3 Å². The summed E-state index contributed by atoms with van der Waals surface area (Å²) in [6, 6.07) is 0. The Morgan fingerprint density at radius 1 is 1.40 bits per heavy atom. The highest BCUT2D eigenvalue weighted by molar-refractivity contribution is 5.92. The molecule has 7 nitrogen and oxygen atoms in total. The van der Waals surface area contributed by atoms with Gasteiger partial charge in [-0.2, -0.15) is 5.10 Å². The summed E-state index contributed by atoms with van der Waals surface area (Å²) in [6.45, 7) is 6.66. The Kier molecular flexibility index (Phi) is 3.97. The van der Waals surface area contributed by atoms with Crippen LogP contribution in [-0.2, 0) is 0 Å². The maximum atomic E-state index is 11.1. The van der Waals surface area contributed by atoms with Crippen LogP contribution >= 0.6 is 0 Å². The van der Waals surface area contributed by atoms with Crippen molar-refractivity contribution in [1.82, 2.24) is 19.7 Å². The van der Waals surface area contributed by atoms with E-state index in [1.807, 2.05) is 13.8 Å². The van der Waals surface area contributed by atoms with Gasteiger partial charge in [-0.05, 0) is 20.3 Å². The normalized spacial score (nSPS) is 10.6. The van der Waals surface area contributed by atoms with Crippen molar-refractivity contribution in [2.45, 2.75) is 27.2 Å². The number of nitrogens with one attached hydrogen (secondary N) is 1. The van der Waals surface area contributed by atoms with Crippen molar-refractivity contribution in [3.05, 3.63) is 29.3 Å². The Labute approximate surface area is 117 Å². The zero-order valence-electron chi connectivity index (χ0n) is 11.8. The maximum Gasteiger partial charge on any atom is 0.251 e. The van der Waals surface area contributed by atoms with Crippen LogP contribution in [0.1, 0.15) is 35.1 Å². The smallest absolute Gasteiger partial charge is 0.251 e. The van der Waals surface area contributed by atoms with Crippen molar-refractivity contribution in [2.24, 2.45) is 5.73 Å². The number of carbonyl (C=O) groups excluding carboxylic acids is 1. The van der Waals surface area contributed by atoms with Crippen LogP contribution in [-0.4, -0.2) is 32.2 Å². The molecule has 0 spiro atoms. The first kappa shape index (κ1) is 14.0. The van der Waals surface area contributed by atoms with Gasteiger partial charge < -0.3 is 11.1 Å². The molecule has 20 heavy (non-hydrogen) atoms. The molecular formula is C13H18N6O. The van der Waals surface area contributed by atoms with Gasteiger partial charge in [-0.3, -0.25) is 4.79 Å². The Balaban J connectivity index is 2.44. The second-order valence-electron chi connectivity index (χ2n) is 4.53.